The zero-order valence-electron chi connectivity index (χ0n) is 10.8. The molecule has 0 bridgehead atoms. The molecule has 1 aromatic rings. The number of hydrogen-bond acceptors (Lipinski definition) is 4. The number of aromatic nitrogens is 3. The van der Waals surface area contributed by atoms with Crippen molar-refractivity contribution in [2.75, 3.05) is 0 Å². The first-order valence-electron chi connectivity index (χ1n) is 6.30. The van der Waals surface area contributed by atoms with Gasteiger partial charge in [-0.05, 0) is 25.7 Å². The van der Waals surface area contributed by atoms with Crippen LogP contribution in [0, 0.1) is 5.92 Å². The van der Waals surface area contributed by atoms with Crippen LogP contribution >= 0.6 is 0 Å². The average Bonchev–Trinajstić information content (AvgIpc) is 2.84. The Morgan fingerprint density at radius 2 is 2.18 bits per heavy atom. The Morgan fingerprint density at radius 3 is 2.71 bits per heavy atom. The molecule has 5 heteroatoms. The molecule has 17 heavy (non-hydrogen) atoms. The van der Waals surface area contributed by atoms with E-state index >= 15 is 0 Å². The first-order valence-corrected chi connectivity index (χ1v) is 6.30. The summed E-state index contributed by atoms with van der Waals surface area (Å²) in [6.45, 7) is 7.12. The third kappa shape index (κ3) is 2.66. The van der Waals surface area contributed by atoms with Gasteiger partial charge in [0, 0.05) is 6.54 Å². The summed E-state index contributed by atoms with van der Waals surface area (Å²) >= 11 is 0. The molecule has 2 heterocycles. The molecule has 1 aliphatic heterocycles. The van der Waals surface area contributed by atoms with Gasteiger partial charge in [-0.15, -0.1) is 10.2 Å². The third-order valence-electron chi connectivity index (χ3n) is 3.07. The van der Waals surface area contributed by atoms with Gasteiger partial charge in [-0.2, -0.15) is 0 Å². The normalized spacial score (nSPS) is 24.8. The molecule has 96 valence electrons. The fourth-order valence-corrected chi connectivity index (χ4v) is 2.26. The van der Waals surface area contributed by atoms with E-state index in [2.05, 4.69) is 31.0 Å². The van der Waals surface area contributed by atoms with Crippen LogP contribution in [-0.2, 0) is 17.9 Å². The van der Waals surface area contributed by atoms with Gasteiger partial charge in [-0.3, -0.25) is 0 Å². The molecule has 5 nitrogen and oxygen atoms in total. The van der Waals surface area contributed by atoms with Gasteiger partial charge in [0.1, 0.15) is 12.7 Å². The Bertz CT molecular complexity index is 376. The number of rotatable bonds is 4. The lowest BCUT2D eigenvalue weighted by molar-refractivity contribution is 0.0473. The number of ether oxygens (including phenoxy) is 1. The highest BCUT2D eigenvalue weighted by Crippen LogP contribution is 2.31. The van der Waals surface area contributed by atoms with Crippen molar-refractivity contribution in [3.8, 4) is 0 Å². The first-order chi connectivity index (χ1) is 8.11. The standard InChI is InChI=1S/C12H21N3O2/c1-8(2)6-15-11(7-16)13-14-12(15)10-5-4-9(3)17-10/h8-10,16H,4-7H2,1-3H3. The Labute approximate surface area is 102 Å². The summed E-state index contributed by atoms with van der Waals surface area (Å²) in [5.41, 5.74) is 0. The fraction of sp³-hybridized carbons (Fsp3) is 0.833. The molecule has 1 aromatic heterocycles. The van der Waals surface area contributed by atoms with Crippen molar-refractivity contribution >= 4 is 0 Å². The predicted octanol–water partition coefficient (Wildman–Crippen LogP) is 1.67. The number of aliphatic hydroxyl groups excluding tert-OH is 1. The number of nitrogens with zero attached hydrogens (tertiary/aromatic N) is 3. The molecule has 0 spiro atoms. The molecule has 1 saturated heterocycles. The molecular formula is C12H21N3O2. The van der Waals surface area contributed by atoms with Gasteiger partial charge < -0.3 is 14.4 Å². The van der Waals surface area contributed by atoms with Crippen LogP contribution in [0.3, 0.4) is 0 Å². The Hall–Kier alpha value is -0.940. The second-order valence-corrected chi connectivity index (χ2v) is 5.15. The van der Waals surface area contributed by atoms with Gasteiger partial charge in [0.15, 0.2) is 11.6 Å². The fourth-order valence-electron chi connectivity index (χ4n) is 2.26. The molecule has 1 fully saturated rings. The average molecular weight is 239 g/mol. The highest BCUT2D eigenvalue weighted by atomic mass is 16.5. The van der Waals surface area contributed by atoms with Crippen LogP contribution in [0.4, 0.5) is 0 Å². The largest absolute Gasteiger partial charge is 0.388 e. The monoisotopic (exact) mass is 239 g/mol. The molecule has 0 amide bonds. The maximum Gasteiger partial charge on any atom is 0.162 e. The Balaban J connectivity index is 2.23. The molecule has 1 N–H and O–H groups in total. The summed E-state index contributed by atoms with van der Waals surface area (Å²) in [5, 5.41) is 17.5. The second-order valence-electron chi connectivity index (χ2n) is 5.15. The van der Waals surface area contributed by atoms with Crippen LogP contribution in [0.25, 0.3) is 0 Å². The van der Waals surface area contributed by atoms with Crippen molar-refractivity contribution in [1.82, 2.24) is 14.8 Å². The second kappa shape index (κ2) is 5.14. The van der Waals surface area contributed by atoms with E-state index in [1.54, 1.807) is 0 Å². The lowest BCUT2D eigenvalue weighted by Gasteiger charge is -2.15. The van der Waals surface area contributed by atoms with Gasteiger partial charge in [0.25, 0.3) is 0 Å². The summed E-state index contributed by atoms with van der Waals surface area (Å²) in [6, 6.07) is 0. The molecule has 2 rings (SSSR count). The minimum atomic E-state index is -0.0675. The van der Waals surface area contributed by atoms with E-state index in [1.165, 1.54) is 0 Å². The van der Waals surface area contributed by atoms with E-state index in [4.69, 9.17) is 4.74 Å². The zero-order chi connectivity index (χ0) is 12.4. The van der Waals surface area contributed by atoms with Gasteiger partial charge in [0.2, 0.25) is 0 Å². The first kappa shape index (κ1) is 12.5. The molecule has 0 saturated carbocycles. The minimum absolute atomic E-state index is 0.0385. The highest BCUT2D eigenvalue weighted by molar-refractivity contribution is 5.01. The zero-order valence-corrected chi connectivity index (χ0v) is 10.8. The van der Waals surface area contributed by atoms with Crippen molar-refractivity contribution in [3.05, 3.63) is 11.6 Å². The highest BCUT2D eigenvalue weighted by Gasteiger charge is 2.28. The predicted molar refractivity (Wildman–Crippen MR) is 63.3 cm³/mol. The Kier molecular flexibility index (Phi) is 3.79. The van der Waals surface area contributed by atoms with Gasteiger partial charge in [0.05, 0.1) is 6.10 Å². The van der Waals surface area contributed by atoms with Crippen LogP contribution < -0.4 is 0 Å². The molecule has 2 unspecified atom stereocenters. The van der Waals surface area contributed by atoms with E-state index in [-0.39, 0.29) is 12.7 Å². The number of hydrogen-bond donors (Lipinski definition) is 1. The van der Waals surface area contributed by atoms with E-state index < -0.39 is 0 Å². The van der Waals surface area contributed by atoms with Crippen LogP contribution in [0.5, 0.6) is 0 Å². The van der Waals surface area contributed by atoms with Crippen LogP contribution in [0.1, 0.15) is 51.4 Å². The maximum absolute atomic E-state index is 9.28. The summed E-state index contributed by atoms with van der Waals surface area (Å²) < 4.78 is 7.83. The summed E-state index contributed by atoms with van der Waals surface area (Å²) in [4.78, 5) is 0. The van der Waals surface area contributed by atoms with Crippen molar-refractivity contribution in [1.29, 1.82) is 0 Å². The summed E-state index contributed by atoms with van der Waals surface area (Å²) in [7, 11) is 0. The van der Waals surface area contributed by atoms with E-state index in [9.17, 15) is 5.11 Å². The molecule has 0 aromatic carbocycles. The van der Waals surface area contributed by atoms with Gasteiger partial charge in [-0.25, -0.2) is 0 Å². The van der Waals surface area contributed by atoms with E-state index in [0.29, 0.717) is 17.8 Å². The van der Waals surface area contributed by atoms with Gasteiger partial charge >= 0.3 is 0 Å². The van der Waals surface area contributed by atoms with Crippen LogP contribution in [-0.4, -0.2) is 26.0 Å². The molecule has 2 atom stereocenters. The molecule has 0 aliphatic carbocycles. The lowest BCUT2D eigenvalue weighted by atomic mass is 10.2. The van der Waals surface area contributed by atoms with Crippen LogP contribution in [0.2, 0.25) is 0 Å². The van der Waals surface area contributed by atoms with Crippen molar-refractivity contribution < 1.29 is 9.84 Å². The third-order valence-corrected chi connectivity index (χ3v) is 3.07. The summed E-state index contributed by atoms with van der Waals surface area (Å²) in [5.74, 6) is 2.00. The van der Waals surface area contributed by atoms with Crippen molar-refractivity contribution in [2.45, 2.75) is 59.0 Å². The van der Waals surface area contributed by atoms with Crippen LogP contribution in [0.15, 0.2) is 0 Å². The van der Waals surface area contributed by atoms with Gasteiger partial charge in [-0.1, -0.05) is 13.8 Å². The van der Waals surface area contributed by atoms with E-state index in [1.807, 2.05) is 4.57 Å². The Morgan fingerprint density at radius 1 is 1.41 bits per heavy atom. The quantitative estimate of drug-likeness (QED) is 0.868. The smallest absolute Gasteiger partial charge is 0.162 e. The minimum Gasteiger partial charge on any atom is -0.388 e. The van der Waals surface area contributed by atoms with Crippen molar-refractivity contribution in [3.63, 3.8) is 0 Å². The molecule has 1 aliphatic rings. The summed E-state index contributed by atoms with van der Waals surface area (Å²) in [6.07, 6.45) is 2.38. The van der Waals surface area contributed by atoms with E-state index in [0.717, 1.165) is 25.2 Å². The molecular weight excluding hydrogens is 218 g/mol. The topological polar surface area (TPSA) is 60.2 Å². The lowest BCUT2D eigenvalue weighted by Crippen LogP contribution is -2.15. The number of aliphatic hydroxyl groups is 1. The molecule has 0 radical (unpaired) electrons. The SMILES string of the molecule is CC(C)Cn1c(CO)nnc1C1CCC(C)O1. The maximum atomic E-state index is 9.28. The van der Waals surface area contributed by atoms with Crippen molar-refractivity contribution in [2.24, 2.45) is 5.92 Å².